The molecule has 124 valence electrons. The van der Waals surface area contributed by atoms with E-state index in [1.807, 2.05) is 13.8 Å². The molecule has 1 aromatic carbocycles. The first kappa shape index (κ1) is 17.1. The van der Waals surface area contributed by atoms with Crippen LogP contribution in [0.5, 0.6) is 0 Å². The molecule has 2 rings (SSSR count). The highest BCUT2D eigenvalue weighted by Gasteiger charge is 2.30. The van der Waals surface area contributed by atoms with Crippen molar-refractivity contribution in [2.45, 2.75) is 38.9 Å². The number of aromatic nitrogens is 2. The van der Waals surface area contributed by atoms with Gasteiger partial charge in [-0.3, -0.25) is 4.79 Å². The summed E-state index contributed by atoms with van der Waals surface area (Å²) in [5.41, 5.74) is 0.449. The van der Waals surface area contributed by atoms with Gasteiger partial charge in [0.05, 0.1) is 18.0 Å². The second-order valence-corrected chi connectivity index (χ2v) is 5.35. The number of benzene rings is 1. The molecule has 2 aromatic rings. The molecule has 0 aliphatic rings. The number of amides is 1. The Hall–Kier alpha value is -2.31. The van der Waals surface area contributed by atoms with E-state index >= 15 is 0 Å². The second kappa shape index (κ2) is 6.85. The summed E-state index contributed by atoms with van der Waals surface area (Å²) in [4.78, 5) is 19.3. The molecule has 0 fully saturated rings. The van der Waals surface area contributed by atoms with Crippen molar-refractivity contribution in [1.82, 2.24) is 15.3 Å². The maximum atomic E-state index is 12.7. The number of hydrogen-bond donors (Lipinski definition) is 2. The van der Waals surface area contributed by atoms with Crippen molar-refractivity contribution in [1.29, 1.82) is 0 Å². The Morgan fingerprint density at radius 1 is 1.39 bits per heavy atom. The summed E-state index contributed by atoms with van der Waals surface area (Å²) in [7, 11) is 0. The highest BCUT2D eigenvalue weighted by molar-refractivity contribution is 5.79. The number of alkyl halides is 3. The Labute approximate surface area is 132 Å². The van der Waals surface area contributed by atoms with Crippen molar-refractivity contribution in [3.8, 4) is 0 Å². The predicted molar refractivity (Wildman–Crippen MR) is 79.6 cm³/mol. The third-order valence-corrected chi connectivity index (χ3v) is 3.42. The number of H-pyrrole nitrogens is 1. The Morgan fingerprint density at radius 2 is 2.13 bits per heavy atom. The minimum absolute atomic E-state index is 0.111. The van der Waals surface area contributed by atoms with Crippen LogP contribution in [0.25, 0.3) is 0 Å². The average Bonchev–Trinajstić information content (AvgIpc) is 2.90. The van der Waals surface area contributed by atoms with Gasteiger partial charge < -0.3 is 10.3 Å². The Balaban J connectivity index is 2.04. The van der Waals surface area contributed by atoms with Gasteiger partial charge in [0.1, 0.15) is 5.82 Å². The molecule has 2 N–H and O–H groups in total. The van der Waals surface area contributed by atoms with Gasteiger partial charge in [-0.25, -0.2) is 4.98 Å². The van der Waals surface area contributed by atoms with Crippen molar-refractivity contribution < 1.29 is 18.0 Å². The standard InChI is InChI=1S/C16H18F3N3O/c1-3-13(15-20-9-10(2)21-15)22-14(23)8-11-5-4-6-12(7-11)16(17,18)19/h4-7,9,13H,3,8H2,1-2H3,(H,20,21)(H,22,23)/t13-/m0/s1. The van der Waals surface area contributed by atoms with Gasteiger partial charge in [0, 0.05) is 11.9 Å². The normalized spacial score (nSPS) is 12.9. The summed E-state index contributed by atoms with van der Waals surface area (Å²) in [5.74, 6) is 0.299. The topological polar surface area (TPSA) is 57.8 Å². The largest absolute Gasteiger partial charge is 0.416 e. The molecule has 7 heteroatoms. The van der Waals surface area contributed by atoms with Crippen molar-refractivity contribution in [3.63, 3.8) is 0 Å². The van der Waals surface area contributed by atoms with Crippen LogP contribution in [0.2, 0.25) is 0 Å². The van der Waals surface area contributed by atoms with Crippen LogP contribution in [-0.2, 0) is 17.4 Å². The molecule has 0 bridgehead atoms. The summed E-state index contributed by atoms with van der Waals surface area (Å²) in [5, 5.41) is 2.79. The molecule has 1 heterocycles. The minimum atomic E-state index is -4.41. The molecule has 23 heavy (non-hydrogen) atoms. The van der Waals surface area contributed by atoms with Gasteiger partial charge >= 0.3 is 6.18 Å². The van der Waals surface area contributed by atoms with Gasteiger partial charge in [0.25, 0.3) is 0 Å². The SMILES string of the molecule is CC[C@H](NC(=O)Cc1cccc(C(F)(F)F)c1)c1ncc(C)[nH]1. The number of aromatic amines is 1. The average molecular weight is 325 g/mol. The molecule has 4 nitrogen and oxygen atoms in total. The zero-order chi connectivity index (χ0) is 17.0. The number of imidazole rings is 1. The monoisotopic (exact) mass is 325 g/mol. The van der Waals surface area contributed by atoms with E-state index in [0.29, 0.717) is 17.8 Å². The van der Waals surface area contributed by atoms with Crippen molar-refractivity contribution in [2.24, 2.45) is 0 Å². The van der Waals surface area contributed by atoms with E-state index < -0.39 is 11.7 Å². The molecule has 1 amide bonds. The van der Waals surface area contributed by atoms with Crippen LogP contribution < -0.4 is 5.32 Å². The fourth-order valence-corrected chi connectivity index (χ4v) is 2.26. The van der Waals surface area contributed by atoms with Gasteiger partial charge in [-0.05, 0) is 25.0 Å². The van der Waals surface area contributed by atoms with E-state index in [4.69, 9.17) is 0 Å². The van der Waals surface area contributed by atoms with Crippen molar-refractivity contribution in [3.05, 3.63) is 53.1 Å². The number of hydrogen-bond acceptors (Lipinski definition) is 2. The highest BCUT2D eigenvalue weighted by atomic mass is 19.4. The molecule has 0 spiro atoms. The first-order chi connectivity index (χ1) is 10.8. The van der Waals surface area contributed by atoms with Crippen LogP contribution in [0.3, 0.4) is 0 Å². The quantitative estimate of drug-likeness (QED) is 0.883. The van der Waals surface area contributed by atoms with Crippen LogP contribution >= 0.6 is 0 Å². The molecular weight excluding hydrogens is 307 g/mol. The van der Waals surface area contributed by atoms with Crippen LogP contribution in [0.4, 0.5) is 13.2 Å². The van der Waals surface area contributed by atoms with E-state index in [1.54, 1.807) is 6.20 Å². The number of carbonyl (C=O) groups is 1. The van der Waals surface area contributed by atoms with Crippen molar-refractivity contribution >= 4 is 5.91 Å². The summed E-state index contributed by atoms with van der Waals surface area (Å²) in [6.07, 6.45) is -2.23. The number of aryl methyl sites for hydroxylation is 1. The lowest BCUT2D eigenvalue weighted by Crippen LogP contribution is -2.30. The number of halogens is 3. The lowest BCUT2D eigenvalue weighted by molar-refractivity contribution is -0.137. The molecule has 0 aliphatic carbocycles. The molecule has 0 radical (unpaired) electrons. The summed E-state index contributed by atoms with van der Waals surface area (Å²) < 4.78 is 38.0. The summed E-state index contributed by atoms with van der Waals surface area (Å²) in [6.45, 7) is 3.75. The lowest BCUT2D eigenvalue weighted by atomic mass is 10.1. The number of rotatable bonds is 5. The zero-order valence-electron chi connectivity index (χ0n) is 12.9. The van der Waals surface area contributed by atoms with Crippen LogP contribution in [0.15, 0.2) is 30.5 Å². The van der Waals surface area contributed by atoms with Crippen LogP contribution in [-0.4, -0.2) is 15.9 Å². The molecule has 0 aliphatic heterocycles. The van der Waals surface area contributed by atoms with Crippen LogP contribution in [0.1, 0.15) is 42.0 Å². The zero-order valence-corrected chi connectivity index (χ0v) is 12.9. The second-order valence-electron chi connectivity index (χ2n) is 5.35. The molecule has 1 aromatic heterocycles. The molecule has 0 saturated heterocycles. The van der Waals surface area contributed by atoms with Gasteiger partial charge in [-0.15, -0.1) is 0 Å². The molecular formula is C16H18F3N3O. The van der Waals surface area contributed by atoms with E-state index in [9.17, 15) is 18.0 Å². The highest BCUT2D eigenvalue weighted by Crippen LogP contribution is 2.29. The van der Waals surface area contributed by atoms with Gasteiger partial charge in [0.15, 0.2) is 0 Å². The fourth-order valence-electron chi connectivity index (χ4n) is 2.26. The third-order valence-electron chi connectivity index (χ3n) is 3.42. The molecule has 0 saturated carbocycles. The predicted octanol–water partition coefficient (Wildman–Crippen LogP) is 3.55. The van der Waals surface area contributed by atoms with Gasteiger partial charge in [0.2, 0.25) is 5.91 Å². The van der Waals surface area contributed by atoms with Crippen molar-refractivity contribution in [2.75, 3.05) is 0 Å². The van der Waals surface area contributed by atoms with Gasteiger partial charge in [-0.2, -0.15) is 13.2 Å². The molecule has 0 unspecified atom stereocenters. The maximum Gasteiger partial charge on any atom is 0.416 e. The lowest BCUT2D eigenvalue weighted by Gasteiger charge is -2.15. The maximum absolute atomic E-state index is 12.7. The Morgan fingerprint density at radius 3 is 2.70 bits per heavy atom. The van der Waals surface area contributed by atoms with E-state index in [-0.39, 0.29) is 18.4 Å². The number of nitrogens with one attached hydrogen (secondary N) is 2. The first-order valence-electron chi connectivity index (χ1n) is 7.26. The minimum Gasteiger partial charge on any atom is -0.346 e. The Bertz CT molecular complexity index is 679. The number of carbonyl (C=O) groups excluding carboxylic acids is 1. The van der Waals surface area contributed by atoms with E-state index in [2.05, 4.69) is 15.3 Å². The van der Waals surface area contributed by atoms with Crippen LogP contribution in [0, 0.1) is 6.92 Å². The third kappa shape index (κ3) is 4.58. The first-order valence-corrected chi connectivity index (χ1v) is 7.26. The van der Waals surface area contributed by atoms with Gasteiger partial charge in [-0.1, -0.05) is 25.1 Å². The number of nitrogens with zero attached hydrogens (tertiary/aromatic N) is 1. The summed E-state index contributed by atoms with van der Waals surface area (Å²) >= 11 is 0. The van der Waals surface area contributed by atoms with E-state index in [0.717, 1.165) is 17.8 Å². The summed E-state index contributed by atoms with van der Waals surface area (Å²) in [6, 6.07) is 4.51. The fraction of sp³-hybridized carbons (Fsp3) is 0.375. The van der Waals surface area contributed by atoms with E-state index in [1.165, 1.54) is 12.1 Å². The Kier molecular flexibility index (Phi) is 5.08. The smallest absolute Gasteiger partial charge is 0.346 e. The molecule has 1 atom stereocenters.